The third-order valence-electron chi connectivity index (χ3n) is 10.6. The van der Waals surface area contributed by atoms with Crippen molar-refractivity contribution >= 4 is 5.78 Å². The monoisotopic (exact) mass is 412 g/mol. The highest BCUT2D eigenvalue weighted by atomic mass is 16.3. The molecule has 0 heterocycles. The second kappa shape index (κ2) is 7.61. The van der Waals surface area contributed by atoms with Crippen molar-refractivity contribution < 1.29 is 9.90 Å². The molecular formula is C28H44O2. The molecule has 3 fully saturated rings. The largest absolute Gasteiger partial charge is 0.392 e. The number of fused-ring (bicyclic) bond motifs is 5. The summed E-state index contributed by atoms with van der Waals surface area (Å²) in [4.78, 5) is 12.1. The Morgan fingerprint density at radius 1 is 1.17 bits per heavy atom. The van der Waals surface area contributed by atoms with E-state index in [1.54, 1.807) is 0 Å². The number of aliphatic hydroxyl groups is 1. The third kappa shape index (κ3) is 3.28. The molecule has 3 saturated carbocycles. The van der Waals surface area contributed by atoms with Gasteiger partial charge >= 0.3 is 0 Å². The molecule has 0 amide bonds. The summed E-state index contributed by atoms with van der Waals surface area (Å²) in [6.45, 7) is 15.7. The lowest BCUT2D eigenvalue weighted by Crippen LogP contribution is -2.52. The molecule has 30 heavy (non-hydrogen) atoms. The first-order valence-electron chi connectivity index (χ1n) is 12.6. The lowest BCUT2D eigenvalue weighted by molar-refractivity contribution is -0.118. The van der Waals surface area contributed by atoms with E-state index in [-0.39, 0.29) is 16.9 Å². The van der Waals surface area contributed by atoms with Gasteiger partial charge in [-0.25, -0.2) is 0 Å². The summed E-state index contributed by atoms with van der Waals surface area (Å²) in [7, 11) is 0. The van der Waals surface area contributed by atoms with Crippen molar-refractivity contribution in [2.75, 3.05) is 0 Å². The Hall–Kier alpha value is -0.890. The average Bonchev–Trinajstić information content (AvgIpc) is 3.04. The molecule has 0 aromatic carbocycles. The van der Waals surface area contributed by atoms with Gasteiger partial charge in [-0.15, -0.1) is 6.58 Å². The number of hydrogen-bond acceptors (Lipinski definition) is 2. The Bertz CT molecular complexity index is 733. The standard InChI is InChI=1S/C28H44O2/c1-7-14-26(3,4)25(30)18(2)22-10-11-23-21-9-8-19-17-20(29)12-15-27(19,5)24(21)13-16-28(22,23)6/h7,17-18,21-25,30H,1,8-16H2,2-6H3/t18-,21-,22+,23-,24-,25+,27-,28+/m0/s1. The fraction of sp³-hybridized carbons (Fsp3) is 0.821. The van der Waals surface area contributed by atoms with Crippen molar-refractivity contribution in [3.8, 4) is 0 Å². The molecule has 0 unspecified atom stereocenters. The molecule has 0 aromatic heterocycles. The minimum absolute atomic E-state index is 0.112. The van der Waals surface area contributed by atoms with Crippen molar-refractivity contribution in [1.82, 2.24) is 0 Å². The van der Waals surface area contributed by atoms with E-state index in [1.165, 1.54) is 37.7 Å². The first-order valence-corrected chi connectivity index (χ1v) is 12.6. The van der Waals surface area contributed by atoms with Crippen LogP contribution in [-0.4, -0.2) is 17.0 Å². The van der Waals surface area contributed by atoms with Gasteiger partial charge in [-0.1, -0.05) is 46.3 Å². The van der Waals surface area contributed by atoms with Crippen LogP contribution < -0.4 is 0 Å². The lowest BCUT2D eigenvalue weighted by Gasteiger charge is -2.58. The van der Waals surface area contributed by atoms with Crippen LogP contribution in [0.4, 0.5) is 0 Å². The van der Waals surface area contributed by atoms with E-state index in [4.69, 9.17) is 0 Å². The number of allylic oxidation sites excluding steroid dienone is 2. The maximum Gasteiger partial charge on any atom is 0.155 e. The molecule has 4 rings (SSSR count). The summed E-state index contributed by atoms with van der Waals surface area (Å²) in [6.07, 6.45) is 14.0. The fourth-order valence-corrected chi connectivity index (χ4v) is 8.89. The summed E-state index contributed by atoms with van der Waals surface area (Å²) in [5, 5.41) is 11.3. The van der Waals surface area contributed by atoms with Crippen molar-refractivity contribution in [1.29, 1.82) is 0 Å². The van der Waals surface area contributed by atoms with E-state index in [0.29, 0.717) is 23.0 Å². The number of hydrogen-bond donors (Lipinski definition) is 1. The second-order valence-electron chi connectivity index (χ2n) is 12.5. The van der Waals surface area contributed by atoms with Gasteiger partial charge < -0.3 is 5.11 Å². The maximum atomic E-state index is 12.1. The molecule has 0 radical (unpaired) electrons. The molecule has 0 aromatic rings. The number of rotatable bonds is 5. The van der Waals surface area contributed by atoms with E-state index in [1.807, 2.05) is 12.2 Å². The van der Waals surface area contributed by atoms with Crippen LogP contribution in [0, 0.1) is 45.8 Å². The molecule has 0 saturated heterocycles. The van der Waals surface area contributed by atoms with Crippen molar-refractivity contribution in [2.24, 2.45) is 45.8 Å². The van der Waals surface area contributed by atoms with Crippen LogP contribution in [0.25, 0.3) is 0 Å². The van der Waals surface area contributed by atoms with E-state index in [2.05, 4.69) is 41.2 Å². The third-order valence-corrected chi connectivity index (χ3v) is 10.6. The van der Waals surface area contributed by atoms with Crippen molar-refractivity contribution in [3.63, 3.8) is 0 Å². The minimum atomic E-state index is -0.281. The zero-order chi connectivity index (χ0) is 21.9. The summed E-state index contributed by atoms with van der Waals surface area (Å²) in [5.74, 6) is 3.63. The van der Waals surface area contributed by atoms with Gasteiger partial charge in [-0.2, -0.15) is 0 Å². The Labute approximate surface area is 184 Å². The summed E-state index contributed by atoms with van der Waals surface area (Å²) < 4.78 is 0. The summed E-state index contributed by atoms with van der Waals surface area (Å²) >= 11 is 0. The molecular weight excluding hydrogens is 368 g/mol. The SMILES string of the molecule is C=CCC(C)(C)[C@H](O)[C@@H](C)[C@H]1CC[C@H]2[C@@H]3CCC4=CC(=O)CC[C@]4(C)[C@H]3CC[C@]12C. The maximum absolute atomic E-state index is 12.1. The highest BCUT2D eigenvalue weighted by Gasteiger charge is 2.60. The molecule has 0 bridgehead atoms. The zero-order valence-corrected chi connectivity index (χ0v) is 20.0. The van der Waals surface area contributed by atoms with E-state index in [0.717, 1.165) is 43.4 Å². The van der Waals surface area contributed by atoms with Crippen molar-refractivity contribution in [3.05, 3.63) is 24.3 Å². The van der Waals surface area contributed by atoms with Crippen LogP contribution in [0.5, 0.6) is 0 Å². The van der Waals surface area contributed by atoms with Gasteiger partial charge in [-0.05, 0) is 103 Å². The van der Waals surface area contributed by atoms with Gasteiger partial charge in [0.15, 0.2) is 5.78 Å². The highest BCUT2D eigenvalue weighted by Crippen LogP contribution is 2.67. The molecule has 2 heteroatoms. The normalized spacial score (nSPS) is 43.1. The van der Waals surface area contributed by atoms with Crippen LogP contribution in [0.1, 0.15) is 92.4 Å². The molecule has 168 valence electrons. The van der Waals surface area contributed by atoms with Gasteiger partial charge in [0.05, 0.1) is 6.10 Å². The van der Waals surface area contributed by atoms with Gasteiger partial charge in [0, 0.05) is 6.42 Å². The van der Waals surface area contributed by atoms with Gasteiger partial charge in [0.2, 0.25) is 0 Å². The smallest absolute Gasteiger partial charge is 0.155 e. The van der Waals surface area contributed by atoms with Crippen LogP contribution >= 0.6 is 0 Å². The average molecular weight is 413 g/mol. The molecule has 4 aliphatic carbocycles. The van der Waals surface area contributed by atoms with E-state index < -0.39 is 0 Å². The predicted molar refractivity (Wildman–Crippen MR) is 124 cm³/mol. The van der Waals surface area contributed by atoms with E-state index in [9.17, 15) is 9.90 Å². The Morgan fingerprint density at radius 3 is 2.60 bits per heavy atom. The first kappa shape index (κ1) is 22.3. The van der Waals surface area contributed by atoms with Crippen molar-refractivity contribution in [2.45, 2.75) is 98.5 Å². The van der Waals surface area contributed by atoms with Gasteiger partial charge in [0.25, 0.3) is 0 Å². The van der Waals surface area contributed by atoms with Crippen LogP contribution in [0.15, 0.2) is 24.3 Å². The number of aliphatic hydroxyl groups excluding tert-OH is 1. The summed E-state index contributed by atoms with van der Waals surface area (Å²) in [6, 6.07) is 0. The Kier molecular flexibility index (Phi) is 5.66. The molecule has 4 aliphatic rings. The quantitative estimate of drug-likeness (QED) is 0.508. The van der Waals surface area contributed by atoms with Crippen LogP contribution in [0.2, 0.25) is 0 Å². The molecule has 2 nitrogen and oxygen atoms in total. The Morgan fingerprint density at radius 2 is 1.90 bits per heavy atom. The fourth-order valence-electron chi connectivity index (χ4n) is 8.89. The van der Waals surface area contributed by atoms with E-state index >= 15 is 0 Å². The summed E-state index contributed by atoms with van der Waals surface area (Å²) in [5.41, 5.74) is 1.97. The highest BCUT2D eigenvalue weighted by molar-refractivity contribution is 5.91. The van der Waals surface area contributed by atoms with Gasteiger partial charge in [-0.3, -0.25) is 4.79 Å². The minimum Gasteiger partial charge on any atom is -0.392 e. The predicted octanol–water partition coefficient (Wildman–Crippen LogP) is 6.73. The zero-order valence-electron chi connectivity index (χ0n) is 20.0. The number of carbonyl (C=O) groups is 1. The topological polar surface area (TPSA) is 37.3 Å². The lowest BCUT2D eigenvalue weighted by atomic mass is 9.46. The van der Waals surface area contributed by atoms with Gasteiger partial charge in [0.1, 0.15) is 0 Å². The molecule has 0 spiro atoms. The van der Waals surface area contributed by atoms with Crippen LogP contribution in [-0.2, 0) is 4.79 Å². The van der Waals surface area contributed by atoms with Crippen LogP contribution in [0.3, 0.4) is 0 Å². The molecule has 1 N–H and O–H groups in total. The number of ketones is 1. The molecule has 0 aliphatic heterocycles. The molecule has 8 atom stereocenters. The first-order chi connectivity index (χ1) is 14.0. The Balaban J connectivity index is 1.56. The number of carbonyl (C=O) groups excluding carboxylic acids is 1. The second-order valence-corrected chi connectivity index (χ2v) is 12.5.